The first-order valence-corrected chi connectivity index (χ1v) is 9.47. The molecule has 0 aliphatic heterocycles. The van der Waals surface area contributed by atoms with Gasteiger partial charge < -0.3 is 9.30 Å². The van der Waals surface area contributed by atoms with Crippen LogP contribution < -0.4 is 9.54 Å². The summed E-state index contributed by atoms with van der Waals surface area (Å²) in [6.07, 6.45) is 0. The maximum atomic E-state index is 12.7. The van der Waals surface area contributed by atoms with Crippen LogP contribution in [0.4, 0.5) is 0 Å². The van der Waals surface area contributed by atoms with Crippen molar-refractivity contribution < 1.29 is 9.53 Å². The van der Waals surface area contributed by atoms with E-state index in [1.165, 1.54) is 11.3 Å². The Labute approximate surface area is 165 Å². The molecule has 0 radical (unpaired) electrons. The van der Waals surface area contributed by atoms with Crippen LogP contribution in [0.25, 0.3) is 10.2 Å². The molecule has 0 spiro atoms. The van der Waals surface area contributed by atoms with Crippen molar-refractivity contribution in [3.8, 4) is 11.5 Å². The Balaban J connectivity index is 1.66. The zero-order valence-electron chi connectivity index (χ0n) is 14.4. The van der Waals surface area contributed by atoms with Gasteiger partial charge >= 0.3 is 0 Å². The number of amides is 1. The average Bonchev–Trinajstić information content (AvgIpc) is 2.97. The number of thiazole rings is 1. The minimum Gasteiger partial charge on any atom is -0.457 e. The van der Waals surface area contributed by atoms with Crippen LogP contribution in [0.3, 0.4) is 0 Å². The lowest BCUT2D eigenvalue weighted by Gasteiger charge is -2.06. The van der Waals surface area contributed by atoms with Gasteiger partial charge in [-0.25, -0.2) is 0 Å². The molecule has 1 heterocycles. The maximum Gasteiger partial charge on any atom is 0.279 e. The van der Waals surface area contributed by atoms with Crippen molar-refractivity contribution in [2.75, 3.05) is 0 Å². The van der Waals surface area contributed by atoms with Crippen molar-refractivity contribution in [2.45, 2.75) is 0 Å². The fourth-order valence-electron chi connectivity index (χ4n) is 2.68. The number of hydrogen-bond donors (Lipinski definition) is 0. The molecular formula is C21H15ClN2O2S. The van der Waals surface area contributed by atoms with E-state index in [0.717, 1.165) is 10.2 Å². The molecule has 4 aromatic rings. The third-order valence-electron chi connectivity index (χ3n) is 4.03. The van der Waals surface area contributed by atoms with Crippen LogP contribution in [0.15, 0.2) is 77.8 Å². The van der Waals surface area contributed by atoms with Gasteiger partial charge in [-0.05, 0) is 48.5 Å². The number of halogens is 1. The molecule has 0 saturated heterocycles. The zero-order valence-corrected chi connectivity index (χ0v) is 16.0. The maximum absolute atomic E-state index is 12.7. The number of benzene rings is 3. The lowest BCUT2D eigenvalue weighted by atomic mass is 10.2. The molecule has 0 atom stereocenters. The number of nitrogens with zero attached hydrogens (tertiary/aromatic N) is 2. The second-order valence-corrected chi connectivity index (χ2v) is 7.36. The van der Waals surface area contributed by atoms with Crippen LogP contribution in [0, 0.1) is 0 Å². The second-order valence-electron chi connectivity index (χ2n) is 5.92. The van der Waals surface area contributed by atoms with E-state index >= 15 is 0 Å². The van der Waals surface area contributed by atoms with Crippen LogP contribution in [0.5, 0.6) is 11.5 Å². The summed E-state index contributed by atoms with van der Waals surface area (Å²) in [5, 5.41) is 0.660. The highest BCUT2D eigenvalue weighted by Gasteiger charge is 2.09. The standard InChI is InChI=1S/C21H15ClN2O2S/c1-24-18-11-10-15(22)13-19(18)27-21(24)23-20(25)14-6-5-9-17(12-14)26-16-7-3-2-4-8-16/h2-13H,1H3. The van der Waals surface area contributed by atoms with Crippen molar-refractivity contribution in [3.63, 3.8) is 0 Å². The largest absolute Gasteiger partial charge is 0.457 e. The van der Waals surface area contributed by atoms with Gasteiger partial charge in [0, 0.05) is 17.6 Å². The Kier molecular flexibility index (Phi) is 4.79. The Morgan fingerprint density at radius 1 is 1.00 bits per heavy atom. The Morgan fingerprint density at radius 2 is 1.78 bits per heavy atom. The van der Waals surface area contributed by atoms with Crippen LogP contribution >= 0.6 is 22.9 Å². The molecule has 6 heteroatoms. The molecule has 134 valence electrons. The number of aromatic nitrogens is 1. The molecular weight excluding hydrogens is 380 g/mol. The summed E-state index contributed by atoms with van der Waals surface area (Å²) in [5.41, 5.74) is 1.45. The number of ether oxygens (including phenoxy) is 1. The fourth-order valence-corrected chi connectivity index (χ4v) is 3.98. The molecule has 3 aromatic carbocycles. The number of rotatable bonds is 3. The number of carbonyl (C=O) groups excluding carboxylic acids is 1. The monoisotopic (exact) mass is 394 g/mol. The molecule has 0 aliphatic carbocycles. The molecule has 1 aromatic heterocycles. The molecule has 1 amide bonds. The van der Waals surface area contributed by atoms with Gasteiger partial charge in [0.15, 0.2) is 4.80 Å². The van der Waals surface area contributed by atoms with Crippen LogP contribution in [-0.4, -0.2) is 10.5 Å². The van der Waals surface area contributed by atoms with Crippen LogP contribution in [0.1, 0.15) is 10.4 Å². The minimum absolute atomic E-state index is 0.318. The molecule has 4 nitrogen and oxygen atoms in total. The van der Waals surface area contributed by atoms with Crippen molar-refractivity contribution in [1.29, 1.82) is 0 Å². The first-order valence-electron chi connectivity index (χ1n) is 8.27. The van der Waals surface area contributed by atoms with E-state index in [1.54, 1.807) is 18.2 Å². The van der Waals surface area contributed by atoms with Crippen molar-refractivity contribution >= 4 is 39.1 Å². The highest BCUT2D eigenvalue weighted by molar-refractivity contribution is 7.16. The normalized spacial score (nSPS) is 11.7. The van der Waals surface area contributed by atoms with E-state index in [-0.39, 0.29) is 5.91 Å². The molecule has 0 fully saturated rings. The first kappa shape index (κ1) is 17.5. The Morgan fingerprint density at radius 3 is 2.59 bits per heavy atom. The first-order chi connectivity index (χ1) is 13.1. The minimum atomic E-state index is -0.318. The second kappa shape index (κ2) is 7.39. The third-order valence-corrected chi connectivity index (χ3v) is 5.36. The Hall–Kier alpha value is -2.89. The van der Waals surface area contributed by atoms with E-state index < -0.39 is 0 Å². The van der Waals surface area contributed by atoms with Gasteiger partial charge in [0.2, 0.25) is 0 Å². The van der Waals surface area contributed by atoms with Gasteiger partial charge in [-0.15, -0.1) is 0 Å². The molecule has 0 N–H and O–H groups in total. The number of hydrogen-bond acceptors (Lipinski definition) is 3. The quantitative estimate of drug-likeness (QED) is 0.465. The SMILES string of the molecule is Cn1c(=NC(=O)c2cccc(Oc3ccccc3)c2)sc2cc(Cl)ccc21. The highest BCUT2D eigenvalue weighted by atomic mass is 35.5. The van der Waals surface area contributed by atoms with Gasteiger partial charge in [-0.3, -0.25) is 4.79 Å². The summed E-state index contributed by atoms with van der Waals surface area (Å²) in [6.45, 7) is 0. The smallest absolute Gasteiger partial charge is 0.279 e. The summed E-state index contributed by atoms with van der Waals surface area (Å²) < 4.78 is 8.66. The molecule has 0 bridgehead atoms. The topological polar surface area (TPSA) is 43.6 Å². The summed E-state index contributed by atoms with van der Waals surface area (Å²) in [7, 11) is 1.88. The van der Waals surface area contributed by atoms with Crippen LogP contribution in [-0.2, 0) is 7.05 Å². The van der Waals surface area contributed by atoms with E-state index in [1.807, 2.05) is 66.2 Å². The summed E-state index contributed by atoms with van der Waals surface area (Å²) in [6, 6.07) is 22.1. The van der Waals surface area contributed by atoms with E-state index in [0.29, 0.717) is 26.9 Å². The van der Waals surface area contributed by atoms with Crippen molar-refractivity contribution in [1.82, 2.24) is 4.57 Å². The summed E-state index contributed by atoms with van der Waals surface area (Å²) in [5.74, 6) is 0.989. The number of carbonyl (C=O) groups is 1. The van der Waals surface area contributed by atoms with Gasteiger partial charge in [-0.2, -0.15) is 4.99 Å². The van der Waals surface area contributed by atoms with Gasteiger partial charge in [0.05, 0.1) is 10.2 Å². The highest BCUT2D eigenvalue weighted by Crippen LogP contribution is 2.23. The molecule has 0 saturated carbocycles. The third kappa shape index (κ3) is 3.79. The zero-order chi connectivity index (χ0) is 18.8. The fraction of sp³-hybridized carbons (Fsp3) is 0.0476. The average molecular weight is 395 g/mol. The summed E-state index contributed by atoms with van der Waals surface area (Å²) in [4.78, 5) is 17.6. The lowest BCUT2D eigenvalue weighted by molar-refractivity contribution is 0.0997. The van der Waals surface area contributed by atoms with Crippen LogP contribution in [0.2, 0.25) is 5.02 Å². The number of aryl methyl sites for hydroxylation is 1. The molecule has 0 aliphatic rings. The molecule has 4 rings (SSSR count). The van der Waals surface area contributed by atoms with Crippen molar-refractivity contribution in [3.05, 3.63) is 88.2 Å². The Bertz CT molecular complexity index is 1200. The van der Waals surface area contributed by atoms with E-state index in [9.17, 15) is 4.79 Å². The number of para-hydroxylation sites is 1. The van der Waals surface area contributed by atoms with E-state index in [4.69, 9.17) is 16.3 Å². The molecule has 0 unspecified atom stereocenters. The lowest BCUT2D eigenvalue weighted by Crippen LogP contribution is -2.13. The van der Waals surface area contributed by atoms with Gasteiger partial charge in [-0.1, -0.05) is 47.2 Å². The number of fused-ring (bicyclic) bond motifs is 1. The predicted molar refractivity (Wildman–Crippen MR) is 109 cm³/mol. The summed E-state index contributed by atoms with van der Waals surface area (Å²) >= 11 is 7.48. The van der Waals surface area contributed by atoms with Gasteiger partial charge in [0.25, 0.3) is 5.91 Å². The van der Waals surface area contributed by atoms with Crippen molar-refractivity contribution in [2.24, 2.45) is 12.0 Å². The predicted octanol–water partition coefficient (Wildman–Crippen LogP) is 5.43. The molecule has 27 heavy (non-hydrogen) atoms. The van der Waals surface area contributed by atoms with E-state index in [2.05, 4.69) is 4.99 Å². The van der Waals surface area contributed by atoms with Gasteiger partial charge in [0.1, 0.15) is 11.5 Å².